The van der Waals surface area contributed by atoms with Gasteiger partial charge in [0.25, 0.3) is 0 Å². The van der Waals surface area contributed by atoms with Gasteiger partial charge in [0.05, 0.1) is 12.5 Å². The van der Waals surface area contributed by atoms with Crippen LogP contribution >= 0.6 is 11.3 Å². The minimum absolute atomic E-state index is 0.501. The number of hydrogen-bond acceptors (Lipinski definition) is 5. The molecule has 5 nitrogen and oxygen atoms in total. The summed E-state index contributed by atoms with van der Waals surface area (Å²) in [6, 6.07) is 0. The summed E-state index contributed by atoms with van der Waals surface area (Å²) < 4.78 is 5.20. The SMILES string of the molecule is c1coc(-c2nc[nH]c2-c2nccs2)n1. The first-order valence-electron chi connectivity index (χ1n) is 4.28. The minimum atomic E-state index is 0.501. The molecule has 3 aromatic heterocycles. The smallest absolute Gasteiger partial charge is 0.247 e. The minimum Gasteiger partial charge on any atom is -0.443 e. The third-order valence-electron chi connectivity index (χ3n) is 1.92. The Balaban J connectivity index is 2.15. The van der Waals surface area contributed by atoms with Gasteiger partial charge in [-0.3, -0.25) is 0 Å². The van der Waals surface area contributed by atoms with Gasteiger partial charge in [0.15, 0.2) is 5.69 Å². The lowest BCUT2D eigenvalue weighted by Gasteiger charge is -1.93. The first-order chi connectivity index (χ1) is 7.45. The zero-order valence-corrected chi connectivity index (χ0v) is 8.36. The molecule has 0 amide bonds. The van der Waals surface area contributed by atoms with Gasteiger partial charge in [-0.15, -0.1) is 11.3 Å². The zero-order valence-electron chi connectivity index (χ0n) is 7.54. The maximum absolute atomic E-state index is 5.20. The number of thiazole rings is 1. The Kier molecular flexibility index (Phi) is 1.85. The number of aromatic amines is 1. The Labute approximate surface area is 88.8 Å². The maximum atomic E-state index is 5.20. The summed E-state index contributed by atoms with van der Waals surface area (Å²) >= 11 is 1.54. The number of aromatic nitrogens is 4. The molecule has 0 aliphatic heterocycles. The number of nitrogens with one attached hydrogen (secondary N) is 1. The van der Waals surface area contributed by atoms with Crippen LogP contribution in [0.5, 0.6) is 0 Å². The van der Waals surface area contributed by atoms with Gasteiger partial charge in [0, 0.05) is 11.6 Å². The maximum Gasteiger partial charge on any atom is 0.247 e. The molecule has 1 N–H and O–H groups in total. The first-order valence-corrected chi connectivity index (χ1v) is 5.16. The third-order valence-corrected chi connectivity index (χ3v) is 2.71. The van der Waals surface area contributed by atoms with Crippen molar-refractivity contribution in [2.24, 2.45) is 0 Å². The summed E-state index contributed by atoms with van der Waals surface area (Å²) in [4.78, 5) is 15.5. The predicted octanol–water partition coefficient (Wildman–Crippen LogP) is 2.19. The summed E-state index contributed by atoms with van der Waals surface area (Å²) in [5.41, 5.74) is 1.53. The third kappa shape index (κ3) is 1.35. The molecule has 0 spiro atoms. The van der Waals surface area contributed by atoms with Crippen molar-refractivity contribution in [2.75, 3.05) is 0 Å². The van der Waals surface area contributed by atoms with Gasteiger partial charge in [-0.25, -0.2) is 15.0 Å². The van der Waals surface area contributed by atoms with E-state index in [4.69, 9.17) is 4.42 Å². The molecule has 0 saturated heterocycles. The number of nitrogens with zero attached hydrogens (tertiary/aromatic N) is 3. The quantitative estimate of drug-likeness (QED) is 0.715. The first kappa shape index (κ1) is 8.37. The molecule has 15 heavy (non-hydrogen) atoms. The molecule has 0 radical (unpaired) electrons. The van der Waals surface area contributed by atoms with Gasteiger partial charge in [-0.05, 0) is 0 Å². The van der Waals surface area contributed by atoms with Gasteiger partial charge in [-0.2, -0.15) is 0 Å². The monoisotopic (exact) mass is 218 g/mol. The van der Waals surface area contributed by atoms with E-state index in [0.29, 0.717) is 11.6 Å². The van der Waals surface area contributed by atoms with E-state index in [1.165, 1.54) is 6.26 Å². The molecule has 0 saturated carbocycles. The van der Waals surface area contributed by atoms with Crippen molar-refractivity contribution >= 4 is 11.3 Å². The van der Waals surface area contributed by atoms with Crippen molar-refractivity contribution in [3.05, 3.63) is 30.4 Å². The number of hydrogen-bond donors (Lipinski definition) is 1. The van der Waals surface area contributed by atoms with Crippen molar-refractivity contribution in [3.63, 3.8) is 0 Å². The van der Waals surface area contributed by atoms with Crippen LogP contribution in [-0.2, 0) is 0 Å². The molecule has 0 atom stereocenters. The van der Waals surface area contributed by atoms with Gasteiger partial charge in [0.2, 0.25) is 5.89 Å². The average molecular weight is 218 g/mol. The van der Waals surface area contributed by atoms with E-state index in [2.05, 4.69) is 19.9 Å². The number of oxazole rings is 1. The van der Waals surface area contributed by atoms with Crippen LogP contribution in [0.1, 0.15) is 0 Å². The van der Waals surface area contributed by atoms with Crippen molar-refractivity contribution in [3.8, 4) is 22.3 Å². The lowest BCUT2D eigenvalue weighted by molar-refractivity contribution is 0.572. The highest BCUT2D eigenvalue weighted by molar-refractivity contribution is 7.13. The molecule has 0 fully saturated rings. The Morgan fingerprint density at radius 1 is 1.20 bits per heavy atom. The molecular formula is C9H6N4OS. The van der Waals surface area contributed by atoms with Gasteiger partial charge >= 0.3 is 0 Å². The van der Waals surface area contributed by atoms with E-state index in [1.807, 2.05) is 5.38 Å². The second kappa shape index (κ2) is 3.32. The molecule has 0 bridgehead atoms. The fourth-order valence-corrected chi connectivity index (χ4v) is 1.95. The van der Waals surface area contributed by atoms with Crippen molar-refractivity contribution in [1.29, 1.82) is 0 Å². The Hall–Kier alpha value is -1.95. The van der Waals surface area contributed by atoms with Gasteiger partial charge < -0.3 is 9.40 Å². The summed E-state index contributed by atoms with van der Waals surface area (Å²) in [6.45, 7) is 0. The summed E-state index contributed by atoms with van der Waals surface area (Å²) in [6.07, 6.45) is 6.47. The van der Waals surface area contributed by atoms with Crippen LogP contribution in [0.25, 0.3) is 22.3 Å². The highest BCUT2D eigenvalue weighted by Gasteiger charge is 2.15. The molecule has 3 aromatic rings. The highest BCUT2D eigenvalue weighted by Crippen LogP contribution is 2.28. The second-order valence-corrected chi connectivity index (χ2v) is 3.70. The molecule has 3 heterocycles. The zero-order chi connectivity index (χ0) is 10.1. The molecule has 0 aromatic carbocycles. The van der Waals surface area contributed by atoms with E-state index in [1.54, 1.807) is 30.1 Å². The molecule has 0 aliphatic carbocycles. The van der Waals surface area contributed by atoms with Crippen molar-refractivity contribution in [2.45, 2.75) is 0 Å². The Morgan fingerprint density at radius 3 is 2.93 bits per heavy atom. The molecular weight excluding hydrogens is 212 g/mol. The van der Waals surface area contributed by atoms with Crippen molar-refractivity contribution < 1.29 is 4.42 Å². The normalized spacial score (nSPS) is 10.7. The highest BCUT2D eigenvalue weighted by atomic mass is 32.1. The van der Waals surface area contributed by atoms with Gasteiger partial charge in [-0.1, -0.05) is 0 Å². The summed E-state index contributed by atoms with van der Waals surface area (Å²) in [5, 5.41) is 2.79. The van der Waals surface area contributed by atoms with E-state index >= 15 is 0 Å². The number of rotatable bonds is 2. The van der Waals surface area contributed by atoms with E-state index in [-0.39, 0.29) is 0 Å². The van der Waals surface area contributed by atoms with Gasteiger partial charge in [0.1, 0.15) is 17.0 Å². The van der Waals surface area contributed by atoms with E-state index in [0.717, 1.165) is 10.7 Å². The van der Waals surface area contributed by atoms with Crippen LogP contribution in [0, 0.1) is 0 Å². The van der Waals surface area contributed by atoms with Crippen LogP contribution in [0.4, 0.5) is 0 Å². The van der Waals surface area contributed by atoms with Crippen LogP contribution in [0.15, 0.2) is 34.8 Å². The van der Waals surface area contributed by atoms with Crippen LogP contribution in [-0.4, -0.2) is 19.9 Å². The van der Waals surface area contributed by atoms with Crippen LogP contribution in [0.3, 0.4) is 0 Å². The molecule has 74 valence electrons. The fourth-order valence-electron chi connectivity index (χ4n) is 1.31. The lowest BCUT2D eigenvalue weighted by atomic mass is 10.3. The van der Waals surface area contributed by atoms with Crippen molar-refractivity contribution in [1.82, 2.24) is 19.9 Å². The predicted molar refractivity (Wildman–Crippen MR) is 55.2 cm³/mol. The largest absolute Gasteiger partial charge is 0.443 e. The summed E-state index contributed by atoms with van der Waals surface area (Å²) in [5.74, 6) is 0.501. The number of H-pyrrole nitrogens is 1. The van der Waals surface area contributed by atoms with Crippen LogP contribution in [0.2, 0.25) is 0 Å². The molecule has 3 rings (SSSR count). The van der Waals surface area contributed by atoms with E-state index < -0.39 is 0 Å². The molecule has 0 unspecified atom stereocenters. The lowest BCUT2D eigenvalue weighted by Crippen LogP contribution is -1.82. The standard InChI is InChI=1S/C9H6N4OS/c1-3-14-8(10-1)6-7(13-5-12-6)9-11-2-4-15-9/h1-5H,(H,12,13). The van der Waals surface area contributed by atoms with Crippen LogP contribution < -0.4 is 0 Å². The Bertz CT molecular complexity index is 492. The Morgan fingerprint density at radius 2 is 2.20 bits per heavy atom. The molecule has 6 heteroatoms. The summed E-state index contributed by atoms with van der Waals surface area (Å²) in [7, 11) is 0. The van der Waals surface area contributed by atoms with E-state index in [9.17, 15) is 0 Å². The second-order valence-electron chi connectivity index (χ2n) is 2.80. The molecule has 0 aliphatic rings. The fraction of sp³-hybridized carbons (Fsp3) is 0. The topological polar surface area (TPSA) is 67.6 Å². The average Bonchev–Trinajstić information content (AvgIpc) is 3.01. The number of imidazole rings is 1.